The van der Waals surface area contributed by atoms with Gasteiger partial charge in [-0.15, -0.1) is 11.3 Å². The third kappa shape index (κ3) is 1.72. The van der Waals surface area contributed by atoms with Gasteiger partial charge in [0.15, 0.2) is 4.77 Å². The summed E-state index contributed by atoms with van der Waals surface area (Å²) in [5, 5.41) is 1.89. The molecule has 1 aromatic carbocycles. The molecule has 3 aromatic rings. The van der Waals surface area contributed by atoms with Gasteiger partial charge < -0.3 is 4.98 Å². The van der Waals surface area contributed by atoms with Gasteiger partial charge in [0.25, 0.3) is 5.56 Å². The first kappa shape index (κ1) is 11.4. The van der Waals surface area contributed by atoms with Crippen LogP contribution in [0.3, 0.4) is 0 Å². The van der Waals surface area contributed by atoms with Gasteiger partial charge in [0.2, 0.25) is 0 Å². The van der Waals surface area contributed by atoms with Gasteiger partial charge >= 0.3 is 0 Å². The van der Waals surface area contributed by atoms with Crippen molar-refractivity contribution in [2.75, 3.05) is 0 Å². The molecule has 0 saturated carbocycles. The maximum absolute atomic E-state index is 12.4. The number of fused-ring (bicyclic) bond motifs is 1. The van der Waals surface area contributed by atoms with Gasteiger partial charge in [-0.3, -0.25) is 9.36 Å². The fourth-order valence-electron chi connectivity index (χ4n) is 1.87. The lowest BCUT2D eigenvalue weighted by Gasteiger charge is -2.06. The second-order valence-electron chi connectivity index (χ2n) is 4.07. The number of aryl methyl sites for hydroxylation is 1. The van der Waals surface area contributed by atoms with Crippen LogP contribution in [0.5, 0.6) is 0 Å². The van der Waals surface area contributed by atoms with Crippen LogP contribution in [0, 0.1) is 11.7 Å². The minimum Gasteiger partial charge on any atom is -0.331 e. The fourth-order valence-corrected chi connectivity index (χ4v) is 2.94. The number of hydrogen-bond acceptors (Lipinski definition) is 3. The summed E-state index contributed by atoms with van der Waals surface area (Å²) in [6.45, 7) is 2.01. The average molecular weight is 274 g/mol. The van der Waals surface area contributed by atoms with Gasteiger partial charge in [-0.25, -0.2) is 0 Å². The molecule has 0 radical (unpaired) electrons. The topological polar surface area (TPSA) is 37.8 Å². The first-order valence-electron chi connectivity index (χ1n) is 5.46. The minimum atomic E-state index is -0.0624. The van der Waals surface area contributed by atoms with Crippen LogP contribution < -0.4 is 5.56 Å². The van der Waals surface area contributed by atoms with Gasteiger partial charge in [0.1, 0.15) is 4.70 Å². The van der Waals surface area contributed by atoms with E-state index in [1.165, 1.54) is 15.9 Å². The van der Waals surface area contributed by atoms with E-state index in [0.29, 0.717) is 9.47 Å². The molecule has 1 N–H and O–H groups in total. The smallest absolute Gasteiger partial charge is 0.276 e. The molecular formula is C13H10N2OS2. The van der Waals surface area contributed by atoms with Gasteiger partial charge in [0.05, 0.1) is 11.2 Å². The molecule has 3 nitrogen and oxygen atoms in total. The predicted molar refractivity (Wildman–Crippen MR) is 77.3 cm³/mol. The van der Waals surface area contributed by atoms with Crippen LogP contribution in [0.2, 0.25) is 0 Å². The Balaban J connectivity index is 2.38. The Morgan fingerprint density at radius 3 is 2.67 bits per heavy atom. The number of aromatic nitrogens is 2. The maximum atomic E-state index is 12.4. The molecule has 18 heavy (non-hydrogen) atoms. The second kappa shape index (κ2) is 4.19. The van der Waals surface area contributed by atoms with E-state index in [-0.39, 0.29) is 5.56 Å². The van der Waals surface area contributed by atoms with Gasteiger partial charge in [-0.1, -0.05) is 17.7 Å². The van der Waals surface area contributed by atoms with Crippen molar-refractivity contribution in [2.45, 2.75) is 6.92 Å². The molecule has 0 aliphatic rings. The Labute approximate surface area is 112 Å². The zero-order chi connectivity index (χ0) is 12.7. The molecule has 0 aliphatic heterocycles. The lowest BCUT2D eigenvalue weighted by atomic mass is 10.2. The average Bonchev–Trinajstić information content (AvgIpc) is 2.80. The molecule has 0 fully saturated rings. The lowest BCUT2D eigenvalue weighted by molar-refractivity contribution is 0.943. The normalized spacial score (nSPS) is 10.9. The minimum absolute atomic E-state index is 0.0624. The molecule has 0 spiro atoms. The van der Waals surface area contributed by atoms with Crippen LogP contribution >= 0.6 is 23.6 Å². The van der Waals surface area contributed by atoms with E-state index in [1.54, 1.807) is 0 Å². The molecule has 90 valence electrons. The van der Waals surface area contributed by atoms with Crippen molar-refractivity contribution < 1.29 is 0 Å². The van der Waals surface area contributed by atoms with Crippen LogP contribution in [0.25, 0.3) is 15.9 Å². The fraction of sp³-hybridized carbons (Fsp3) is 0.0769. The van der Waals surface area contributed by atoms with E-state index in [9.17, 15) is 4.79 Å². The number of H-pyrrole nitrogens is 1. The van der Waals surface area contributed by atoms with E-state index in [4.69, 9.17) is 12.2 Å². The number of benzene rings is 1. The standard InChI is InChI=1S/C13H10N2OS2/c1-8-2-4-9(5-3-8)15-12(16)11-10(6-7-18-11)14-13(15)17/h2-7H,1H3,(H,14,17). The van der Waals surface area contributed by atoms with Crippen LogP contribution in [0.1, 0.15) is 5.56 Å². The zero-order valence-electron chi connectivity index (χ0n) is 9.64. The van der Waals surface area contributed by atoms with Crippen molar-refractivity contribution in [3.8, 4) is 5.69 Å². The second-order valence-corrected chi connectivity index (χ2v) is 5.37. The highest BCUT2D eigenvalue weighted by atomic mass is 32.1. The molecular weight excluding hydrogens is 264 g/mol. The summed E-state index contributed by atoms with van der Waals surface area (Å²) in [6, 6.07) is 9.61. The lowest BCUT2D eigenvalue weighted by Crippen LogP contribution is -2.19. The highest BCUT2D eigenvalue weighted by Crippen LogP contribution is 2.16. The van der Waals surface area contributed by atoms with Crippen LogP contribution in [-0.2, 0) is 0 Å². The molecule has 2 heterocycles. The maximum Gasteiger partial charge on any atom is 0.276 e. The number of nitrogens with zero attached hydrogens (tertiary/aromatic N) is 1. The summed E-state index contributed by atoms with van der Waals surface area (Å²) in [5.41, 5.74) is 2.69. The number of rotatable bonds is 1. The molecule has 0 atom stereocenters. The highest BCUT2D eigenvalue weighted by molar-refractivity contribution is 7.71. The van der Waals surface area contributed by atoms with E-state index in [1.807, 2.05) is 42.6 Å². The Bertz CT molecular complexity index is 825. The van der Waals surface area contributed by atoms with Crippen molar-refractivity contribution in [3.05, 3.63) is 56.4 Å². The molecule has 5 heteroatoms. The Morgan fingerprint density at radius 2 is 1.94 bits per heavy atom. The van der Waals surface area contributed by atoms with Gasteiger partial charge in [-0.2, -0.15) is 0 Å². The molecule has 0 saturated heterocycles. The van der Waals surface area contributed by atoms with Crippen molar-refractivity contribution in [3.63, 3.8) is 0 Å². The predicted octanol–water partition coefficient (Wildman–Crippen LogP) is 3.42. The van der Waals surface area contributed by atoms with Crippen LogP contribution in [0.4, 0.5) is 0 Å². The highest BCUT2D eigenvalue weighted by Gasteiger charge is 2.08. The molecule has 0 amide bonds. The quantitative estimate of drug-likeness (QED) is 0.690. The summed E-state index contributed by atoms with van der Waals surface area (Å²) in [5.74, 6) is 0. The number of aromatic amines is 1. The van der Waals surface area contributed by atoms with Crippen molar-refractivity contribution in [1.82, 2.24) is 9.55 Å². The summed E-state index contributed by atoms with van der Waals surface area (Å²) in [6.07, 6.45) is 0. The summed E-state index contributed by atoms with van der Waals surface area (Å²) in [7, 11) is 0. The zero-order valence-corrected chi connectivity index (χ0v) is 11.3. The van der Waals surface area contributed by atoms with Gasteiger partial charge in [0, 0.05) is 0 Å². The molecule has 0 aliphatic carbocycles. The number of hydrogen-bond donors (Lipinski definition) is 1. The summed E-state index contributed by atoms with van der Waals surface area (Å²) >= 11 is 6.68. The van der Waals surface area contributed by atoms with Crippen LogP contribution in [0.15, 0.2) is 40.5 Å². The first-order valence-corrected chi connectivity index (χ1v) is 6.75. The first-order chi connectivity index (χ1) is 8.66. The van der Waals surface area contributed by atoms with Crippen molar-refractivity contribution in [2.24, 2.45) is 0 Å². The Morgan fingerprint density at radius 1 is 1.22 bits per heavy atom. The van der Waals surface area contributed by atoms with E-state index in [2.05, 4.69) is 4.98 Å². The van der Waals surface area contributed by atoms with E-state index < -0.39 is 0 Å². The number of nitrogens with one attached hydrogen (secondary N) is 1. The van der Waals surface area contributed by atoms with E-state index >= 15 is 0 Å². The monoisotopic (exact) mass is 274 g/mol. The van der Waals surface area contributed by atoms with Crippen LogP contribution in [-0.4, -0.2) is 9.55 Å². The summed E-state index contributed by atoms with van der Waals surface area (Å²) < 4.78 is 2.66. The Hall–Kier alpha value is -1.72. The molecule has 0 bridgehead atoms. The van der Waals surface area contributed by atoms with Gasteiger partial charge in [-0.05, 0) is 42.7 Å². The molecule has 2 aromatic heterocycles. The third-order valence-electron chi connectivity index (χ3n) is 2.80. The largest absolute Gasteiger partial charge is 0.331 e. The summed E-state index contributed by atoms with van der Waals surface area (Å²) in [4.78, 5) is 15.5. The third-order valence-corrected chi connectivity index (χ3v) is 3.99. The van der Waals surface area contributed by atoms with Crippen molar-refractivity contribution in [1.29, 1.82) is 0 Å². The van der Waals surface area contributed by atoms with Crippen molar-refractivity contribution >= 4 is 33.8 Å². The molecule has 3 rings (SSSR count). The SMILES string of the molecule is Cc1ccc(-n2c(=S)[nH]c3ccsc3c2=O)cc1. The van der Waals surface area contributed by atoms with E-state index in [0.717, 1.165) is 16.8 Å². The Kier molecular flexibility index (Phi) is 2.65. The molecule has 0 unspecified atom stereocenters. The number of thiophene rings is 1.